The van der Waals surface area contributed by atoms with E-state index in [9.17, 15) is 53.8 Å². The van der Waals surface area contributed by atoms with Gasteiger partial charge in [0.25, 0.3) is 0 Å². The van der Waals surface area contributed by atoms with Gasteiger partial charge in [0.2, 0.25) is 21.7 Å². The van der Waals surface area contributed by atoms with Crippen LogP contribution < -0.4 is 4.90 Å². The van der Waals surface area contributed by atoms with E-state index < -0.39 is 103 Å². The Morgan fingerprint density at radius 3 is 1.87 bits per heavy atom. The predicted octanol–water partition coefficient (Wildman–Crippen LogP) is 8.03. The number of carboxylic acids is 1. The Morgan fingerprint density at radius 2 is 1.29 bits per heavy atom. The molecule has 7 nitrogen and oxygen atoms in total. The van der Waals surface area contributed by atoms with E-state index in [1.807, 2.05) is 6.07 Å². The summed E-state index contributed by atoms with van der Waals surface area (Å²) in [7, 11) is -6.03. The van der Waals surface area contributed by atoms with E-state index in [0.717, 1.165) is 60.4 Å². The number of anilines is 1. The number of rotatable bonds is 11. The van der Waals surface area contributed by atoms with E-state index >= 15 is 8.78 Å². The van der Waals surface area contributed by atoms with Gasteiger partial charge in [-0.25, -0.2) is 52.7 Å². The molecule has 5 rings (SSSR count). The largest absolute Gasteiger partial charge is 0.478 e. The molecular formula is C35H27F9N2O5S. The Hall–Kier alpha value is -4.90. The second kappa shape index (κ2) is 15.0. The molecule has 1 aliphatic rings. The summed E-state index contributed by atoms with van der Waals surface area (Å²) in [6, 6.07) is 11.4. The molecule has 4 aromatic rings. The fourth-order valence-corrected chi connectivity index (χ4v) is 7.53. The third-order valence-corrected chi connectivity index (χ3v) is 10.6. The summed E-state index contributed by atoms with van der Waals surface area (Å²) in [5.74, 6) is -24.6. The first-order valence-electron chi connectivity index (χ1n) is 15.5. The number of carboxylic acid groups (broad SMARTS) is 1. The molecule has 0 heterocycles. The molecule has 0 saturated heterocycles. The molecule has 1 amide bonds. The first kappa shape index (κ1) is 38.3. The van der Waals surface area contributed by atoms with E-state index in [4.69, 9.17) is 0 Å². The molecule has 0 unspecified atom stereocenters. The number of halogens is 9. The van der Waals surface area contributed by atoms with Crippen LogP contribution in [-0.4, -0.2) is 36.3 Å². The first-order chi connectivity index (χ1) is 24.4. The Labute approximate surface area is 290 Å². The molecule has 0 spiro atoms. The fourth-order valence-electron chi connectivity index (χ4n) is 6.00. The lowest BCUT2D eigenvalue weighted by Gasteiger charge is -2.28. The SMILES string of the molecule is Cc1c(F)c(F)c(F)c(S(=O)(=O)N(CC(=O)N(Cc2cccc(C3CCCC3)c2)c2ccc(C(=O)O)cc2)Cc2c(F)c(F)c(F)c(F)c2F)c1F. The standard InChI is InChI=1S/C35H27F9N2O5S/c1-17-25(36)29(40)33(44)34(26(17)37)52(50,51)45(15-23-27(38)30(41)32(43)31(42)28(23)39)16-24(47)46(22-11-9-20(10-12-22)35(48)49)14-18-5-4-8-21(13-18)19-6-2-3-7-19/h4-5,8-13,19H,2-3,6-7,14-16H2,1H3,(H,48,49). The lowest BCUT2D eigenvalue weighted by molar-refractivity contribution is -0.119. The Bertz CT molecular complexity index is 2120. The van der Waals surface area contributed by atoms with E-state index in [2.05, 4.69) is 0 Å². The second-order valence-electron chi connectivity index (χ2n) is 12.1. The lowest BCUT2D eigenvalue weighted by Crippen LogP contribution is -2.43. The highest BCUT2D eigenvalue weighted by Gasteiger charge is 2.39. The molecule has 0 bridgehead atoms. The van der Waals surface area contributed by atoms with Crippen molar-refractivity contribution in [3.05, 3.63) is 129 Å². The zero-order valence-corrected chi connectivity index (χ0v) is 27.7. The highest BCUT2D eigenvalue weighted by molar-refractivity contribution is 7.89. The van der Waals surface area contributed by atoms with Gasteiger partial charge in [-0.05, 0) is 61.1 Å². The van der Waals surface area contributed by atoms with Gasteiger partial charge < -0.3 is 10.0 Å². The Morgan fingerprint density at radius 1 is 0.731 bits per heavy atom. The van der Waals surface area contributed by atoms with Crippen LogP contribution in [0.1, 0.15) is 64.2 Å². The van der Waals surface area contributed by atoms with Gasteiger partial charge in [0.15, 0.2) is 51.4 Å². The van der Waals surface area contributed by atoms with E-state index in [-0.39, 0.29) is 28.0 Å². The zero-order chi connectivity index (χ0) is 38.2. The molecule has 276 valence electrons. The van der Waals surface area contributed by atoms with Crippen molar-refractivity contribution < 1.29 is 62.6 Å². The Balaban J connectivity index is 1.64. The highest BCUT2D eigenvalue weighted by atomic mass is 32.2. The van der Waals surface area contributed by atoms with Crippen molar-refractivity contribution in [1.29, 1.82) is 0 Å². The third-order valence-electron chi connectivity index (χ3n) is 8.83. The number of nitrogens with zero attached hydrogens (tertiary/aromatic N) is 2. The average molecular weight is 759 g/mol. The van der Waals surface area contributed by atoms with Gasteiger partial charge in [0, 0.05) is 23.4 Å². The normalized spacial score (nSPS) is 13.6. The van der Waals surface area contributed by atoms with Crippen LogP contribution in [0.3, 0.4) is 0 Å². The van der Waals surface area contributed by atoms with Crippen molar-refractivity contribution in [2.24, 2.45) is 0 Å². The highest BCUT2D eigenvalue weighted by Crippen LogP contribution is 2.35. The number of carbonyl (C=O) groups excluding carboxylic acids is 1. The first-order valence-corrected chi connectivity index (χ1v) is 16.9. The summed E-state index contributed by atoms with van der Waals surface area (Å²) < 4.78 is 158. The maximum absolute atomic E-state index is 15.2. The molecule has 52 heavy (non-hydrogen) atoms. The molecule has 1 N–H and O–H groups in total. The summed E-state index contributed by atoms with van der Waals surface area (Å²) in [6.07, 6.45) is 3.76. The maximum Gasteiger partial charge on any atom is 0.335 e. The number of amides is 1. The summed E-state index contributed by atoms with van der Waals surface area (Å²) >= 11 is 0. The van der Waals surface area contributed by atoms with Gasteiger partial charge in [0.1, 0.15) is 0 Å². The average Bonchev–Trinajstić information content (AvgIpc) is 3.67. The summed E-state index contributed by atoms with van der Waals surface area (Å²) in [4.78, 5) is 24.2. The van der Waals surface area contributed by atoms with E-state index in [1.165, 1.54) is 0 Å². The van der Waals surface area contributed by atoms with Crippen LogP contribution in [0.2, 0.25) is 0 Å². The van der Waals surface area contributed by atoms with Crippen LogP contribution in [0.5, 0.6) is 0 Å². The number of carbonyl (C=O) groups is 2. The molecule has 1 saturated carbocycles. The van der Waals surface area contributed by atoms with Gasteiger partial charge in [0.05, 0.1) is 18.7 Å². The molecule has 4 aromatic carbocycles. The van der Waals surface area contributed by atoms with Gasteiger partial charge in [-0.15, -0.1) is 0 Å². The summed E-state index contributed by atoms with van der Waals surface area (Å²) in [5, 5.41) is 9.35. The number of hydrogen-bond donors (Lipinski definition) is 1. The molecule has 1 aliphatic carbocycles. The van der Waals surface area contributed by atoms with Gasteiger partial charge >= 0.3 is 5.97 Å². The van der Waals surface area contributed by atoms with Crippen molar-refractivity contribution in [2.45, 2.75) is 56.5 Å². The third kappa shape index (κ3) is 7.24. The van der Waals surface area contributed by atoms with Crippen LogP contribution in [0.15, 0.2) is 53.4 Å². The minimum atomic E-state index is -6.03. The van der Waals surface area contributed by atoms with Crippen LogP contribution in [-0.2, 0) is 27.9 Å². The van der Waals surface area contributed by atoms with Gasteiger partial charge in [-0.3, -0.25) is 4.79 Å². The monoisotopic (exact) mass is 758 g/mol. The molecule has 0 radical (unpaired) electrons. The number of sulfonamides is 1. The topological polar surface area (TPSA) is 95.0 Å². The van der Waals surface area contributed by atoms with Crippen LogP contribution in [0.4, 0.5) is 45.2 Å². The second-order valence-corrected chi connectivity index (χ2v) is 14.0. The van der Waals surface area contributed by atoms with Crippen molar-refractivity contribution in [1.82, 2.24) is 4.31 Å². The quantitative estimate of drug-likeness (QED) is 0.0951. The zero-order valence-electron chi connectivity index (χ0n) is 26.9. The summed E-state index contributed by atoms with van der Waals surface area (Å²) in [6.45, 7) is -3.37. The van der Waals surface area contributed by atoms with Crippen molar-refractivity contribution in [3.63, 3.8) is 0 Å². The number of hydrogen-bond acceptors (Lipinski definition) is 4. The van der Waals surface area contributed by atoms with E-state index in [1.54, 1.807) is 18.2 Å². The van der Waals surface area contributed by atoms with Crippen molar-refractivity contribution >= 4 is 27.6 Å². The maximum atomic E-state index is 15.2. The molecule has 0 atom stereocenters. The van der Waals surface area contributed by atoms with Gasteiger partial charge in [-0.1, -0.05) is 37.1 Å². The van der Waals surface area contributed by atoms with Crippen LogP contribution in [0.25, 0.3) is 0 Å². The molecular weight excluding hydrogens is 731 g/mol. The molecule has 1 fully saturated rings. The van der Waals surface area contributed by atoms with Crippen molar-refractivity contribution in [2.75, 3.05) is 11.4 Å². The lowest BCUT2D eigenvalue weighted by atomic mass is 9.96. The van der Waals surface area contributed by atoms with Crippen molar-refractivity contribution in [3.8, 4) is 0 Å². The molecule has 0 aromatic heterocycles. The van der Waals surface area contributed by atoms with E-state index in [0.29, 0.717) is 12.5 Å². The Kier molecular flexibility index (Phi) is 11.0. The predicted molar refractivity (Wildman–Crippen MR) is 167 cm³/mol. The minimum absolute atomic E-state index is 0.0733. The number of benzene rings is 4. The fraction of sp³-hybridized carbons (Fsp3) is 0.257. The summed E-state index contributed by atoms with van der Waals surface area (Å²) in [5.41, 5.74) is -2.11. The van der Waals surface area contributed by atoms with Crippen LogP contribution >= 0.6 is 0 Å². The minimum Gasteiger partial charge on any atom is -0.478 e. The van der Waals surface area contributed by atoms with Crippen LogP contribution in [0, 0.1) is 59.3 Å². The molecule has 17 heteroatoms. The molecule has 0 aliphatic heterocycles. The van der Waals surface area contributed by atoms with Gasteiger partial charge in [-0.2, -0.15) is 4.31 Å². The number of aromatic carboxylic acids is 1. The smallest absolute Gasteiger partial charge is 0.335 e.